The Bertz CT molecular complexity index is 1080. The van der Waals surface area contributed by atoms with Crippen molar-refractivity contribution in [3.63, 3.8) is 0 Å². The fourth-order valence-corrected chi connectivity index (χ4v) is 3.99. The minimum atomic E-state index is -4.72. The number of alkyl halides is 3. The van der Waals surface area contributed by atoms with E-state index in [2.05, 4.69) is 6.58 Å². The lowest BCUT2D eigenvalue weighted by molar-refractivity contribution is -0.138. The number of ether oxygens (including phenoxy) is 1. The van der Waals surface area contributed by atoms with Crippen LogP contribution in [0.3, 0.4) is 0 Å². The summed E-state index contributed by atoms with van der Waals surface area (Å²) in [6.07, 6.45) is 5.65. The molecule has 34 heavy (non-hydrogen) atoms. The maximum Gasteiger partial charge on any atom is 0.420 e. The Hall–Kier alpha value is -3.35. The van der Waals surface area contributed by atoms with E-state index in [9.17, 15) is 22.4 Å². The first-order chi connectivity index (χ1) is 16.2. The second kappa shape index (κ2) is 11.2. The zero-order chi connectivity index (χ0) is 24.7. The Morgan fingerprint density at radius 3 is 2.53 bits per heavy atom. The van der Waals surface area contributed by atoms with Gasteiger partial charge in [-0.1, -0.05) is 37.6 Å². The van der Waals surface area contributed by atoms with Crippen molar-refractivity contribution in [2.75, 3.05) is 4.90 Å². The van der Waals surface area contributed by atoms with Crippen LogP contribution in [0.5, 0.6) is 5.75 Å². The summed E-state index contributed by atoms with van der Waals surface area (Å²) in [5, 5.41) is 0. The van der Waals surface area contributed by atoms with Gasteiger partial charge >= 0.3 is 6.18 Å². The number of hydrogen-bond donors (Lipinski definition) is 0. The molecular formula is C27H27F4NO2. The quantitative estimate of drug-likeness (QED) is 0.171. The number of hydrogen-bond acceptors (Lipinski definition) is 2. The maximum atomic E-state index is 14.0. The van der Waals surface area contributed by atoms with E-state index in [4.69, 9.17) is 4.74 Å². The van der Waals surface area contributed by atoms with Crippen LogP contribution in [0.15, 0.2) is 79.1 Å². The van der Waals surface area contributed by atoms with E-state index >= 15 is 0 Å². The first-order valence-electron chi connectivity index (χ1n) is 11.1. The SMILES string of the molecule is C=CC(=O)N(Cc1cccc(F)c1)c1ccc(OC(/C=C\C)=C/C2CCCC2)c(C(F)(F)F)c1. The lowest BCUT2D eigenvalue weighted by Crippen LogP contribution is -2.29. The summed E-state index contributed by atoms with van der Waals surface area (Å²) in [6, 6.07) is 9.00. The van der Waals surface area contributed by atoms with Crippen LogP contribution in [0.25, 0.3) is 0 Å². The van der Waals surface area contributed by atoms with Gasteiger partial charge in [-0.25, -0.2) is 4.39 Å². The van der Waals surface area contributed by atoms with Crippen molar-refractivity contribution in [3.8, 4) is 5.75 Å². The summed E-state index contributed by atoms with van der Waals surface area (Å²) < 4.78 is 61.3. The molecule has 3 nitrogen and oxygen atoms in total. The number of carbonyl (C=O) groups is 1. The normalized spacial score (nSPS) is 15.0. The van der Waals surface area contributed by atoms with E-state index in [1.807, 2.05) is 6.08 Å². The lowest BCUT2D eigenvalue weighted by atomic mass is 10.1. The first-order valence-corrected chi connectivity index (χ1v) is 11.1. The van der Waals surface area contributed by atoms with E-state index in [-0.39, 0.29) is 23.9 Å². The fraction of sp³-hybridized carbons (Fsp3) is 0.296. The molecular weight excluding hydrogens is 446 g/mol. The molecule has 180 valence electrons. The molecule has 1 saturated carbocycles. The number of amides is 1. The molecule has 7 heteroatoms. The Balaban J connectivity index is 1.98. The van der Waals surface area contributed by atoms with E-state index in [1.165, 1.54) is 30.3 Å². The third-order valence-corrected chi connectivity index (χ3v) is 5.61. The van der Waals surface area contributed by atoms with Gasteiger partial charge in [-0.2, -0.15) is 13.2 Å². The summed E-state index contributed by atoms with van der Waals surface area (Å²) >= 11 is 0. The molecule has 1 fully saturated rings. The van der Waals surface area contributed by atoms with Gasteiger partial charge in [0, 0.05) is 5.69 Å². The van der Waals surface area contributed by atoms with Crippen molar-refractivity contribution in [3.05, 3.63) is 96.1 Å². The standard InChI is InChI=1S/C27H27F4NO2/c1-3-8-23(16-19-9-5-6-10-19)34-25-14-13-22(17-24(25)27(29,30)31)32(26(33)4-2)18-20-11-7-12-21(28)15-20/h3-4,7-8,11-17,19H,2,5-6,9-10,18H2,1H3/b8-3-,23-16+. The highest BCUT2D eigenvalue weighted by atomic mass is 19.4. The Labute approximate surface area is 197 Å². The second-order valence-corrected chi connectivity index (χ2v) is 8.15. The minimum Gasteiger partial charge on any atom is -0.457 e. The van der Waals surface area contributed by atoms with Gasteiger partial charge in [0.2, 0.25) is 0 Å². The molecule has 0 atom stereocenters. The Kier molecular flexibility index (Phi) is 8.31. The highest BCUT2D eigenvalue weighted by Crippen LogP contribution is 2.40. The number of benzene rings is 2. The molecule has 2 aromatic rings. The van der Waals surface area contributed by atoms with Gasteiger partial charge in [0.15, 0.2) is 0 Å². The van der Waals surface area contributed by atoms with E-state index in [0.29, 0.717) is 11.3 Å². The van der Waals surface area contributed by atoms with Crippen LogP contribution < -0.4 is 9.64 Å². The second-order valence-electron chi connectivity index (χ2n) is 8.15. The van der Waals surface area contributed by atoms with Crippen LogP contribution in [0, 0.1) is 11.7 Å². The fourth-order valence-electron chi connectivity index (χ4n) is 3.99. The van der Waals surface area contributed by atoms with Gasteiger partial charge in [0.05, 0.1) is 6.54 Å². The number of allylic oxidation sites excluding steroid dienone is 3. The molecule has 2 aromatic carbocycles. The van der Waals surface area contributed by atoms with Gasteiger partial charge in [0.25, 0.3) is 5.91 Å². The van der Waals surface area contributed by atoms with Crippen LogP contribution in [-0.2, 0) is 17.5 Å². The van der Waals surface area contributed by atoms with Crippen molar-refractivity contribution in [1.29, 1.82) is 0 Å². The molecule has 3 rings (SSSR count). The van der Waals surface area contributed by atoms with Crippen molar-refractivity contribution < 1.29 is 27.1 Å². The average molecular weight is 474 g/mol. The summed E-state index contributed by atoms with van der Waals surface area (Å²) in [7, 11) is 0. The molecule has 0 saturated heterocycles. The largest absolute Gasteiger partial charge is 0.457 e. The number of rotatable bonds is 8. The van der Waals surface area contributed by atoms with Crippen LogP contribution in [-0.4, -0.2) is 5.91 Å². The van der Waals surface area contributed by atoms with E-state index in [1.54, 1.807) is 25.1 Å². The van der Waals surface area contributed by atoms with E-state index in [0.717, 1.165) is 42.7 Å². The summed E-state index contributed by atoms with van der Waals surface area (Å²) in [6.45, 7) is 5.09. The summed E-state index contributed by atoms with van der Waals surface area (Å²) in [5.41, 5.74) is -0.576. The van der Waals surface area contributed by atoms with Gasteiger partial charge < -0.3 is 9.64 Å². The number of halogens is 4. The highest BCUT2D eigenvalue weighted by molar-refractivity contribution is 6.01. The molecule has 0 N–H and O–H groups in total. The van der Waals surface area contributed by atoms with Crippen LogP contribution in [0.4, 0.5) is 23.2 Å². The van der Waals surface area contributed by atoms with Crippen molar-refractivity contribution >= 4 is 11.6 Å². The topological polar surface area (TPSA) is 29.5 Å². The van der Waals surface area contributed by atoms with E-state index < -0.39 is 23.5 Å². The molecule has 0 aromatic heterocycles. The zero-order valence-corrected chi connectivity index (χ0v) is 18.9. The summed E-state index contributed by atoms with van der Waals surface area (Å²) in [5.74, 6) is -0.843. The van der Waals surface area contributed by atoms with Crippen LogP contribution in [0.1, 0.15) is 43.7 Å². The third-order valence-electron chi connectivity index (χ3n) is 5.61. The Morgan fingerprint density at radius 2 is 1.91 bits per heavy atom. The molecule has 0 bridgehead atoms. The molecule has 0 heterocycles. The third kappa shape index (κ3) is 6.59. The number of carbonyl (C=O) groups excluding carboxylic acids is 1. The van der Waals surface area contributed by atoms with Crippen molar-refractivity contribution in [2.45, 2.75) is 45.3 Å². The van der Waals surface area contributed by atoms with Crippen molar-refractivity contribution in [2.24, 2.45) is 5.92 Å². The van der Waals surface area contributed by atoms with Gasteiger partial charge in [0.1, 0.15) is 22.9 Å². The predicted molar refractivity (Wildman–Crippen MR) is 125 cm³/mol. The number of anilines is 1. The van der Waals surface area contributed by atoms with Crippen LogP contribution in [0.2, 0.25) is 0 Å². The molecule has 0 aliphatic heterocycles. The molecule has 1 amide bonds. The lowest BCUT2D eigenvalue weighted by Gasteiger charge is -2.24. The monoisotopic (exact) mass is 473 g/mol. The molecule has 0 unspecified atom stereocenters. The highest BCUT2D eigenvalue weighted by Gasteiger charge is 2.36. The minimum absolute atomic E-state index is 0.00110. The van der Waals surface area contributed by atoms with Crippen molar-refractivity contribution in [1.82, 2.24) is 0 Å². The molecule has 1 aliphatic carbocycles. The molecule has 0 spiro atoms. The van der Waals surface area contributed by atoms with Crippen LogP contribution >= 0.6 is 0 Å². The van der Waals surface area contributed by atoms with Gasteiger partial charge in [-0.05, 0) is 79.8 Å². The average Bonchev–Trinajstić information content (AvgIpc) is 3.30. The number of nitrogens with zero attached hydrogens (tertiary/aromatic N) is 1. The first kappa shape index (κ1) is 25.3. The maximum absolute atomic E-state index is 14.0. The van der Waals surface area contributed by atoms with Gasteiger partial charge in [-0.15, -0.1) is 0 Å². The molecule has 1 aliphatic rings. The summed E-state index contributed by atoms with van der Waals surface area (Å²) in [4.78, 5) is 13.6. The Morgan fingerprint density at radius 1 is 1.18 bits per heavy atom. The smallest absolute Gasteiger partial charge is 0.420 e. The molecule has 0 radical (unpaired) electrons. The zero-order valence-electron chi connectivity index (χ0n) is 18.9. The predicted octanol–water partition coefficient (Wildman–Crippen LogP) is 7.59. The van der Waals surface area contributed by atoms with Gasteiger partial charge in [-0.3, -0.25) is 4.79 Å².